The van der Waals surface area contributed by atoms with E-state index in [4.69, 9.17) is 4.89 Å². The Labute approximate surface area is 82.9 Å². The van der Waals surface area contributed by atoms with Crippen molar-refractivity contribution in [3.05, 3.63) is 18.2 Å². The van der Waals surface area contributed by atoms with Gasteiger partial charge in [-0.15, -0.1) is 0 Å². The van der Waals surface area contributed by atoms with Gasteiger partial charge in [0.2, 0.25) is 12.5 Å². The lowest BCUT2D eigenvalue weighted by atomic mass is 10.3. The summed E-state index contributed by atoms with van der Waals surface area (Å²) in [7, 11) is 0. The Balaban J connectivity index is 2.30. The van der Waals surface area contributed by atoms with Gasteiger partial charge in [-0.3, -0.25) is 0 Å². The number of para-hydroxylation sites is 1. The molecule has 1 aliphatic rings. The summed E-state index contributed by atoms with van der Waals surface area (Å²) in [5.41, 5.74) is 0. The van der Waals surface area contributed by atoms with Gasteiger partial charge in [0, 0.05) is 0 Å². The minimum absolute atomic E-state index is 0.0877. The number of alkyl halides is 2. The largest absolute Gasteiger partial charge is 0.431 e. The molecule has 5 nitrogen and oxygen atoms in total. The Morgan fingerprint density at radius 3 is 2.80 bits per heavy atom. The van der Waals surface area contributed by atoms with Crippen molar-refractivity contribution in [2.75, 3.05) is 6.79 Å². The van der Waals surface area contributed by atoms with Crippen molar-refractivity contribution in [1.82, 2.24) is 0 Å². The van der Waals surface area contributed by atoms with Gasteiger partial charge < -0.3 is 14.5 Å². The predicted molar refractivity (Wildman–Crippen MR) is 41.4 cm³/mol. The van der Waals surface area contributed by atoms with Crippen molar-refractivity contribution in [2.24, 2.45) is 0 Å². The van der Waals surface area contributed by atoms with Crippen molar-refractivity contribution >= 4 is 0 Å². The van der Waals surface area contributed by atoms with E-state index in [0.717, 1.165) is 0 Å². The van der Waals surface area contributed by atoms with E-state index in [9.17, 15) is 8.78 Å². The maximum absolute atomic E-state index is 12.0. The number of benzene rings is 1. The monoisotopic (exact) mass is 220 g/mol. The minimum atomic E-state index is -2.95. The summed E-state index contributed by atoms with van der Waals surface area (Å²) in [4.78, 5) is 18.3. The average molecular weight is 220 g/mol. The summed E-state index contributed by atoms with van der Waals surface area (Å²) in [6.45, 7) is -3.23. The molecule has 82 valence electrons. The van der Waals surface area contributed by atoms with Gasteiger partial charge >= 0.3 is 6.61 Å². The maximum Gasteiger partial charge on any atom is 0.387 e. The fourth-order valence-electron chi connectivity index (χ4n) is 1.02. The van der Waals surface area contributed by atoms with E-state index in [1.54, 1.807) is 0 Å². The van der Waals surface area contributed by atoms with Crippen LogP contribution in [-0.2, 0) is 9.78 Å². The van der Waals surface area contributed by atoms with E-state index in [1.807, 2.05) is 0 Å². The first-order valence-electron chi connectivity index (χ1n) is 3.94. The zero-order valence-electron chi connectivity index (χ0n) is 7.31. The molecule has 7 heteroatoms. The van der Waals surface area contributed by atoms with Crippen LogP contribution in [0.15, 0.2) is 18.2 Å². The lowest BCUT2D eigenvalue weighted by Crippen LogP contribution is -2.04. The molecule has 0 fully saturated rings. The van der Waals surface area contributed by atoms with Gasteiger partial charge in [-0.05, 0) is 12.1 Å². The lowest BCUT2D eigenvalue weighted by Gasteiger charge is -2.09. The second-order valence-corrected chi connectivity index (χ2v) is 2.48. The molecule has 0 radical (unpaired) electrons. The molecular formula is C8H6F2O5. The third-order valence-electron chi connectivity index (χ3n) is 1.55. The van der Waals surface area contributed by atoms with Gasteiger partial charge in [0.25, 0.3) is 5.75 Å². The maximum atomic E-state index is 12.0. The molecule has 0 amide bonds. The number of halogens is 2. The second kappa shape index (κ2) is 4.28. The highest BCUT2D eigenvalue weighted by atomic mass is 19.3. The Morgan fingerprint density at radius 1 is 1.20 bits per heavy atom. The van der Waals surface area contributed by atoms with Crippen LogP contribution in [-0.4, -0.2) is 13.4 Å². The van der Waals surface area contributed by atoms with Crippen LogP contribution in [0.2, 0.25) is 0 Å². The van der Waals surface area contributed by atoms with E-state index in [-0.39, 0.29) is 24.0 Å². The van der Waals surface area contributed by atoms with Crippen LogP contribution in [0.1, 0.15) is 0 Å². The average Bonchev–Trinajstić information content (AvgIpc) is 2.42. The van der Waals surface area contributed by atoms with E-state index in [1.165, 1.54) is 18.2 Å². The molecule has 0 saturated heterocycles. The molecule has 1 aromatic carbocycles. The van der Waals surface area contributed by atoms with Crippen molar-refractivity contribution in [3.63, 3.8) is 0 Å². The summed E-state index contributed by atoms with van der Waals surface area (Å²) in [5, 5.41) is 0. The molecule has 1 heterocycles. The third kappa shape index (κ3) is 2.25. The van der Waals surface area contributed by atoms with Gasteiger partial charge in [0.1, 0.15) is 0 Å². The Hall–Kier alpha value is -1.60. The van der Waals surface area contributed by atoms with Gasteiger partial charge in [0.05, 0.1) is 0 Å². The van der Waals surface area contributed by atoms with Crippen LogP contribution in [0.5, 0.6) is 17.2 Å². The molecule has 0 N–H and O–H groups in total. The van der Waals surface area contributed by atoms with Gasteiger partial charge in [0.15, 0.2) is 5.75 Å². The van der Waals surface area contributed by atoms with E-state index in [0.29, 0.717) is 0 Å². The zero-order chi connectivity index (χ0) is 10.7. The standard InChI is InChI=1S/C8H6F2O5/c9-8(10)13-5-2-1-3-6-7(5)15-12-4-11-14-6/h1-3,8H,4H2. The van der Waals surface area contributed by atoms with Crippen LogP contribution in [0.25, 0.3) is 0 Å². The molecule has 2 rings (SSSR count). The van der Waals surface area contributed by atoms with E-state index >= 15 is 0 Å². The molecule has 1 aliphatic heterocycles. The summed E-state index contributed by atoms with van der Waals surface area (Å²) in [6, 6.07) is 4.21. The second-order valence-electron chi connectivity index (χ2n) is 2.48. The van der Waals surface area contributed by atoms with E-state index in [2.05, 4.69) is 19.4 Å². The molecule has 0 spiro atoms. The molecule has 0 aromatic heterocycles. The van der Waals surface area contributed by atoms with Crippen molar-refractivity contribution < 1.29 is 33.1 Å². The predicted octanol–water partition coefficient (Wildman–Crippen LogP) is 1.88. The minimum Gasteiger partial charge on any atom is -0.431 e. The Morgan fingerprint density at radius 2 is 2.00 bits per heavy atom. The summed E-state index contributed by atoms with van der Waals surface area (Å²) >= 11 is 0. The lowest BCUT2D eigenvalue weighted by molar-refractivity contribution is -0.330. The number of hydrogen-bond donors (Lipinski definition) is 0. The molecule has 0 unspecified atom stereocenters. The number of fused-ring (bicyclic) bond motifs is 1. The van der Waals surface area contributed by atoms with Crippen molar-refractivity contribution in [1.29, 1.82) is 0 Å². The first kappa shape index (κ1) is 9.94. The molecular weight excluding hydrogens is 214 g/mol. The van der Waals surface area contributed by atoms with Crippen LogP contribution in [0, 0.1) is 0 Å². The molecule has 0 saturated carbocycles. The molecule has 1 aromatic rings. The highest BCUT2D eigenvalue weighted by Gasteiger charge is 2.20. The van der Waals surface area contributed by atoms with Gasteiger partial charge in [-0.1, -0.05) is 6.07 Å². The SMILES string of the molecule is FC(F)Oc1cccc2c1OOCOO2. The van der Waals surface area contributed by atoms with Crippen molar-refractivity contribution in [3.8, 4) is 17.2 Å². The highest BCUT2D eigenvalue weighted by Crippen LogP contribution is 2.39. The summed E-state index contributed by atoms with van der Waals surface area (Å²) in [5.74, 6) is -0.172. The van der Waals surface area contributed by atoms with Crippen LogP contribution in [0.4, 0.5) is 8.78 Å². The number of hydrogen-bond acceptors (Lipinski definition) is 5. The quantitative estimate of drug-likeness (QED) is 0.712. The fourth-order valence-corrected chi connectivity index (χ4v) is 1.02. The normalized spacial score (nSPS) is 14.9. The molecule has 0 bridgehead atoms. The molecule has 0 aliphatic carbocycles. The summed E-state index contributed by atoms with van der Waals surface area (Å²) < 4.78 is 28.2. The first-order chi connectivity index (χ1) is 7.27. The van der Waals surface area contributed by atoms with Gasteiger partial charge in [-0.25, -0.2) is 0 Å². The topological polar surface area (TPSA) is 46.2 Å². The third-order valence-corrected chi connectivity index (χ3v) is 1.55. The van der Waals surface area contributed by atoms with Crippen LogP contribution in [0.3, 0.4) is 0 Å². The zero-order valence-corrected chi connectivity index (χ0v) is 7.31. The van der Waals surface area contributed by atoms with Crippen LogP contribution < -0.4 is 14.5 Å². The Bertz CT molecular complexity index is 344. The van der Waals surface area contributed by atoms with Crippen LogP contribution >= 0.6 is 0 Å². The molecule has 15 heavy (non-hydrogen) atoms. The summed E-state index contributed by atoms with van der Waals surface area (Å²) in [6.07, 6.45) is 0. The smallest absolute Gasteiger partial charge is 0.387 e. The van der Waals surface area contributed by atoms with Crippen molar-refractivity contribution in [2.45, 2.75) is 6.61 Å². The fraction of sp³-hybridized carbons (Fsp3) is 0.250. The number of rotatable bonds is 2. The Kier molecular flexibility index (Phi) is 2.84. The highest BCUT2D eigenvalue weighted by molar-refractivity contribution is 5.50. The number of ether oxygens (including phenoxy) is 1. The van der Waals surface area contributed by atoms with E-state index < -0.39 is 6.61 Å². The first-order valence-corrected chi connectivity index (χ1v) is 3.94. The van der Waals surface area contributed by atoms with Gasteiger partial charge in [-0.2, -0.15) is 18.6 Å². The molecule has 0 atom stereocenters.